The Labute approximate surface area is 85.6 Å². The maximum atomic E-state index is 11.4. The van der Waals surface area contributed by atoms with Crippen molar-refractivity contribution in [1.29, 1.82) is 0 Å². The first kappa shape index (κ1) is 10.7. The number of nitrogens with zero attached hydrogens (tertiary/aromatic N) is 1. The normalized spacial score (nSPS) is 12.1. The molecule has 0 aliphatic heterocycles. The minimum absolute atomic E-state index is 0.104. The average Bonchev–Trinajstić information content (AvgIpc) is 2.16. The van der Waals surface area contributed by atoms with Crippen molar-refractivity contribution < 1.29 is 9.72 Å². The van der Waals surface area contributed by atoms with Gasteiger partial charge in [0.05, 0.1) is 10.3 Å². The van der Waals surface area contributed by atoms with Crippen molar-refractivity contribution in [2.24, 2.45) is 0 Å². The van der Waals surface area contributed by atoms with Gasteiger partial charge in [-0.2, -0.15) is 0 Å². The molecule has 74 valence electrons. The van der Waals surface area contributed by atoms with E-state index in [0.29, 0.717) is 0 Å². The van der Waals surface area contributed by atoms with E-state index in [9.17, 15) is 14.9 Å². The van der Waals surface area contributed by atoms with Crippen LogP contribution in [0.4, 0.5) is 5.69 Å². The van der Waals surface area contributed by atoms with Gasteiger partial charge in [-0.25, -0.2) is 0 Å². The average molecular weight is 214 g/mol. The van der Waals surface area contributed by atoms with E-state index in [1.54, 1.807) is 0 Å². The second-order valence-corrected chi connectivity index (χ2v) is 3.44. The largest absolute Gasteiger partial charge is 0.293 e. The number of nitro groups is 1. The number of benzene rings is 1. The molecule has 0 saturated carbocycles. The van der Waals surface area contributed by atoms with Gasteiger partial charge in [-0.05, 0) is 6.92 Å². The van der Waals surface area contributed by atoms with E-state index in [-0.39, 0.29) is 17.0 Å². The summed E-state index contributed by atoms with van der Waals surface area (Å²) in [5, 5.41) is 9.74. The highest BCUT2D eigenvalue weighted by atomic mass is 35.5. The number of nitro benzene ring substituents is 1. The van der Waals surface area contributed by atoms with Crippen molar-refractivity contribution in [1.82, 2.24) is 0 Å². The number of carbonyl (C=O) groups excluding carboxylic acids is 1. The Kier molecular flexibility index (Phi) is 3.19. The first-order valence-corrected chi connectivity index (χ1v) is 4.38. The fourth-order valence-electron chi connectivity index (χ4n) is 1.00. The van der Waals surface area contributed by atoms with Crippen LogP contribution in [0.5, 0.6) is 0 Å². The SMILES string of the molecule is C[C@@H](Cl)C(=O)c1cccc([N+](=O)[O-])c1. The number of carbonyl (C=O) groups is 1. The molecule has 1 aromatic rings. The summed E-state index contributed by atoms with van der Waals surface area (Å²) in [5.41, 5.74) is 0.162. The zero-order valence-electron chi connectivity index (χ0n) is 7.44. The lowest BCUT2D eigenvalue weighted by Crippen LogP contribution is -2.10. The molecular formula is C9H8ClNO3. The predicted molar refractivity (Wildman–Crippen MR) is 52.7 cm³/mol. The molecule has 0 aliphatic carbocycles. The van der Waals surface area contributed by atoms with Gasteiger partial charge < -0.3 is 0 Å². The van der Waals surface area contributed by atoms with Gasteiger partial charge in [0.2, 0.25) is 0 Å². The molecular weight excluding hydrogens is 206 g/mol. The molecule has 0 bridgehead atoms. The van der Waals surface area contributed by atoms with Crippen LogP contribution < -0.4 is 0 Å². The Morgan fingerprint density at radius 1 is 1.57 bits per heavy atom. The number of hydrogen-bond donors (Lipinski definition) is 0. The van der Waals surface area contributed by atoms with Crippen LogP contribution in [0.3, 0.4) is 0 Å². The summed E-state index contributed by atoms with van der Waals surface area (Å²) in [6.45, 7) is 1.53. The lowest BCUT2D eigenvalue weighted by Gasteiger charge is -2.01. The molecule has 0 heterocycles. The van der Waals surface area contributed by atoms with Crippen molar-refractivity contribution in [2.45, 2.75) is 12.3 Å². The molecule has 0 aliphatic rings. The number of Topliss-reactive ketones (excluding diaryl/α,β-unsaturated/α-hetero) is 1. The van der Waals surface area contributed by atoms with Gasteiger partial charge >= 0.3 is 0 Å². The summed E-state index contributed by atoms with van der Waals surface area (Å²) in [5.74, 6) is -0.310. The molecule has 0 fully saturated rings. The van der Waals surface area contributed by atoms with Crippen molar-refractivity contribution >= 4 is 23.1 Å². The van der Waals surface area contributed by atoms with Gasteiger partial charge in [0.25, 0.3) is 5.69 Å². The lowest BCUT2D eigenvalue weighted by molar-refractivity contribution is -0.384. The number of non-ortho nitro benzene ring substituents is 1. The van der Waals surface area contributed by atoms with Crippen molar-refractivity contribution in [3.05, 3.63) is 39.9 Å². The molecule has 1 aromatic carbocycles. The summed E-state index contributed by atoms with van der Waals surface area (Å²) in [7, 11) is 0. The minimum Gasteiger partial charge on any atom is -0.293 e. The highest BCUT2D eigenvalue weighted by Crippen LogP contribution is 2.15. The number of rotatable bonds is 3. The number of alkyl halides is 1. The fraction of sp³-hybridized carbons (Fsp3) is 0.222. The standard InChI is InChI=1S/C9H8ClNO3/c1-6(10)9(12)7-3-2-4-8(5-7)11(13)14/h2-6H,1H3/t6-/m1/s1. The first-order valence-electron chi connectivity index (χ1n) is 3.95. The van der Waals surface area contributed by atoms with Gasteiger partial charge in [-0.15, -0.1) is 11.6 Å². The highest BCUT2D eigenvalue weighted by Gasteiger charge is 2.15. The smallest absolute Gasteiger partial charge is 0.270 e. The second kappa shape index (κ2) is 4.19. The quantitative estimate of drug-likeness (QED) is 0.335. The molecule has 0 aromatic heterocycles. The van der Waals surface area contributed by atoms with Crippen LogP contribution in [-0.2, 0) is 0 Å². The lowest BCUT2D eigenvalue weighted by atomic mass is 10.1. The summed E-state index contributed by atoms with van der Waals surface area (Å²) >= 11 is 5.58. The third kappa shape index (κ3) is 2.29. The number of halogens is 1. The zero-order chi connectivity index (χ0) is 10.7. The first-order chi connectivity index (χ1) is 6.52. The Morgan fingerprint density at radius 2 is 2.21 bits per heavy atom. The van der Waals surface area contributed by atoms with Gasteiger partial charge in [-0.1, -0.05) is 12.1 Å². The minimum atomic E-state index is -0.669. The molecule has 0 saturated heterocycles. The van der Waals surface area contributed by atoms with Gasteiger partial charge in [0.15, 0.2) is 5.78 Å². The Morgan fingerprint density at radius 3 is 2.71 bits per heavy atom. The van der Waals surface area contributed by atoms with Crippen molar-refractivity contribution in [2.75, 3.05) is 0 Å². The topological polar surface area (TPSA) is 60.2 Å². The molecule has 4 nitrogen and oxygen atoms in total. The molecule has 5 heteroatoms. The fourth-order valence-corrected chi connectivity index (χ4v) is 1.13. The van der Waals surface area contributed by atoms with E-state index in [2.05, 4.69) is 0 Å². The van der Waals surface area contributed by atoms with Crippen molar-refractivity contribution in [3.63, 3.8) is 0 Å². The Hall–Kier alpha value is -1.42. The van der Waals surface area contributed by atoms with Crippen LogP contribution in [0.15, 0.2) is 24.3 Å². The van der Waals surface area contributed by atoms with E-state index in [1.165, 1.54) is 31.2 Å². The van der Waals surface area contributed by atoms with Gasteiger partial charge in [-0.3, -0.25) is 14.9 Å². The van der Waals surface area contributed by atoms with E-state index in [1.807, 2.05) is 0 Å². The summed E-state index contributed by atoms with van der Waals surface area (Å²) in [6.07, 6.45) is 0. The Balaban J connectivity index is 3.06. The zero-order valence-corrected chi connectivity index (χ0v) is 8.19. The summed E-state index contributed by atoms with van der Waals surface area (Å²) in [4.78, 5) is 21.2. The van der Waals surface area contributed by atoms with Crippen molar-refractivity contribution in [3.8, 4) is 0 Å². The van der Waals surface area contributed by atoms with Crippen LogP contribution in [0.25, 0.3) is 0 Å². The number of hydrogen-bond acceptors (Lipinski definition) is 3. The van der Waals surface area contributed by atoms with E-state index >= 15 is 0 Å². The van der Waals surface area contributed by atoms with Gasteiger partial charge in [0, 0.05) is 17.7 Å². The Bertz CT molecular complexity index is 376. The third-order valence-corrected chi connectivity index (χ3v) is 1.90. The predicted octanol–water partition coefficient (Wildman–Crippen LogP) is 2.40. The van der Waals surface area contributed by atoms with Crippen LogP contribution >= 0.6 is 11.6 Å². The van der Waals surface area contributed by atoms with Crippen LogP contribution in [0.2, 0.25) is 0 Å². The second-order valence-electron chi connectivity index (χ2n) is 2.79. The molecule has 14 heavy (non-hydrogen) atoms. The van der Waals surface area contributed by atoms with E-state index < -0.39 is 10.3 Å². The monoisotopic (exact) mass is 213 g/mol. The maximum Gasteiger partial charge on any atom is 0.270 e. The third-order valence-electron chi connectivity index (χ3n) is 1.70. The molecule has 0 radical (unpaired) electrons. The van der Waals surface area contributed by atoms with Crippen LogP contribution in [0, 0.1) is 10.1 Å². The van der Waals surface area contributed by atoms with E-state index in [0.717, 1.165) is 0 Å². The van der Waals surface area contributed by atoms with Crippen LogP contribution in [0.1, 0.15) is 17.3 Å². The van der Waals surface area contributed by atoms with E-state index in [4.69, 9.17) is 11.6 Å². The summed E-state index contributed by atoms with van der Waals surface area (Å²) < 4.78 is 0. The van der Waals surface area contributed by atoms with Gasteiger partial charge in [0.1, 0.15) is 0 Å². The number of ketones is 1. The molecule has 0 unspecified atom stereocenters. The maximum absolute atomic E-state index is 11.4. The summed E-state index contributed by atoms with van der Waals surface area (Å²) in [6, 6.07) is 5.52. The van der Waals surface area contributed by atoms with Crippen LogP contribution in [-0.4, -0.2) is 16.1 Å². The molecule has 0 N–H and O–H groups in total. The molecule has 0 amide bonds. The molecule has 1 atom stereocenters. The molecule has 0 spiro atoms. The molecule has 1 rings (SSSR count). The highest BCUT2D eigenvalue weighted by molar-refractivity contribution is 6.33.